The topological polar surface area (TPSA) is 69.3 Å². The van der Waals surface area contributed by atoms with Gasteiger partial charge in [-0.25, -0.2) is 0 Å². The maximum Gasteiger partial charge on any atom is 0.287 e. The van der Waals surface area contributed by atoms with Crippen molar-refractivity contribution in [1.29, 1.82) is 0 Å². The summed E-state index contributed by atoms with van der Waals surface area (Å²) in [5, 5.41) is 7.87. The Bertz CT molecular complexity index is 889. The third-order valence-electron chi connectivity index (χ3n) is 3.35. The number of halogens is 2. The van der Waals surface area contributed by atoms with Gasteiger partial charge in [0, 0.05) is 18.3 Å². The molecule has 0 bridgehead atoms. The molecule has 130 valence electrons. The van der Waals surface area contributed by atoms with Gasteiger partial charge >= 0.3 is 0 Å². The van der Waals surface area contributed by atoms with Crippen LogP contribution in [0.15, 0.2) is 47.0 Å². The predicted molar refractivity (Wildman–Crippen MR) is 93.9 cm³/mol. The SMILES string of the molecule is Cn1ccc(CNC(=O)c2ccc(COc3ccc(Cl)cc3Cl)o2)n1. The van der Waals surface area contributed by atoms with E-state index in [1.165, 1.54) is 0 Å². The van der Waals surface area contributed by atoms with E-state index in [1.807, 2.05) is 19.3 Å². The van der Waals surface area contributed by atoms with Crippen molar-refractivity contribution in [2.24, 2.45) is 7.05 Å². The second kappa shape index (κ2) is 7.63. The number of amides is 1. The Morgan fingerprint density at radius 2 is 2.12 bits per heavy atom. The van der Waals surface area contributed by atoms with Crippen molar-refractivity contribution in [2.45, 2.75) is 13.2 Å². The minimum absolute atomic E-state index is 0.148. The predicted octanol–water partition coefficient (Wildman–Crippen LogP) is 3.83. The Balaban J connectivity index is 1.55. The van der Waals surface area contributed by atoms with Crippen molar-refractivity contribution < 1.29 is 13.9 Å². The van der Waals surface area contributed by atoms with Crippen LogP contribution in [0.4, 0.5) is 0 Å². The number of aryl methyl sites for hydroxylation is 1. The molecular weight excluding hydrogens is 365 g/mol. The zero-order valence-electron chi connectivity index (χ0n) is 13.3. The lowest BCUT2D eigenvalue weighted by Crippen LogP contribution is -2.22. The van der Waals surface area contributed by atoms with Crippen LogP contribution in [0.25, 0.3) is 0 Å². The number of benzene rings is 1. The van der Waals surface area contributed by atoms with Crippen molar-refractivity contribution in [3.05, 3.63) is 69.9 Å². The molecule has 8 heteroatoms. The van der Waals surface area contributed by atoms with E-state index in [9.17, 15) is 4.79 Å². The van der Waals surface area contributed by atoms with E-state index in [2.05, 4.69) is 10.4 Å². The van der Waals surface area contributed by atoms with Gasteiger partial charge in [-0.1, -0.05) is 23.2 Å². The van der Waals surface area contributed by atoms with Gasteiger partial charge in [0.2, 0.25) is 0 Å². The quantitative estimate of drug-likeness (QED) is 0.706. The van der Waals surface area contributed by atoms with E-state index in [0.29, 0.717) is 28.1 Å². The fraction of sp³-hybridized carbons (Fsp3) is 0.176. The Hall–Kier alpha value is -2.44. The first-order chi connectivity index (χ1) is 12.0. The maximum absolute atomic E-state index is 12.1. The van der Waals surface area contributed by atoms with Crippen LogP contribution in [0.5, 0.6) is 5.75 Å². The number of nitrogens with one attached hydrogen (secondary N) is 1. The van der Waals surface area contributed by atoms with E-state index in [0.717, 1.165) is 5.69 Å². The number of carbonyl (C=O) groups is 1. The number of carbonyl (C=O) groups excluding carboxylic acids is 1. The second-order valence-corrected chi connectivity index (χ2v) is 6.14. The number of aromatic nitrogens is 2. The van der Waals surface area contributed by atoms with E-state index in [-0.39, 0.29) is 18.3 Å². The number of ether oxygens (including phenoxy) is 1. The fourth-order valence-electron chi connectivity index (χ4n) is 2.13. The molecule has 0 radical (unpaired) electrons. The molecule has 1 N–H and O–H groups in total. The van der Waals surface area contributed by atoms with E-state index in [1.54, 1.807) is 35.0 Å². The molecule has 2 aromatic heterocycles. The molecule has 0 saturated carbocycles. The molecule has 0 spiro atoms. The average Bonchev–Trinajstić information content (AvgIpc) is 3.21. The number of nitrogens with zero attached hydrogens (tertiary/aromatic N) is 2. The standard InChI is InChI=1S/C17H15Cl2N3O3/c1-22-7-6-12(21-22)9-20-17(23)16-5-3-13(25-16)10-24-15-4-2-11(18)8-14(15)19/h2-8H,9-10H2,1H3,(H,20,23). The number of hydrogen-bond donors (Lipinski definition) is 1. The highest BCUT2D eigenvalue weighted by atomic mass is 35.5. The van der Waals surface area contributed by atoms with Gasteiger partial charge in [0.05, 0.1) is 17.3 Å². The minimum Gasteiger partial charge on any atom is -0.484 e. The molecule has 1 aromatic carbocycles. The van der Waals surface area contributed by atoms with Crippen molar-refractivity contribution in [3.8, 4) is 5.75 Å². The molecule has 0 atom stereocenters. The zero-order valence-corrected chi connectivity index (χ0v) is 14.8. The molecule has 0 aliphatic heterocycles. The van der Waals surface area contributed by atoms with Gasteiger partial charge < -0.3 is 14.5 Å². The lowest BCUT2D eigenvalue weighted by Gasteiger charge is -2.06. The zero-order chi connectivity index (χ0) is 17.8. The molecule has 3 rings (SSSR count). The van der Waals surface area contributed by atoms with Crippen LogP contribution in [0.3, 0.4) is 0 Å². The van der Waals surface area contributed by atoms with Crippen LogP contribution in [0, 0.1) is 0 Å². The van der Waals surface area contributed by atoms with Crippen LogP contribution in [-0.2, 0) is 20.2 Å². The number of furan rings is 1. The van der Waals surface area contributed by atoms with Crippen molar-refractivity contribution in [3.63, 3.8) is 0 Å². The molecule has 25 heavy (non-hydrogen) atoms. The molecule has 0 unspecified atom stereocenters. The lowest BCUT2D eigenvalue weighted by atomic mass is 10.3. The number of hydrogen-bond acceptors (Lipinski definition) is 4. The maximum atomic E-state index is 12.1. The summed E-state index contributed by atoms with van der Waals surface area (Å²) >= 11 is 11.9. The molecule has 6 nitrogen and oxygen atoms in total. The van der Waals surface area contributed by atoms with Crippen LogP contribution in [0.1, 0.15) is 22.0 Å². The normalized spacial score (nSPS) is 10.7. The molecule has 0 aliphatic carbocycles. The highest BCUT2D eigenvalue weighted by Gasteiger charge is 2.12. The fourth-order valence-corrected chi connectivity index (χ4v) is 2.60. The van der Waals surface area contributed by atoms with E-state index >= 15 is 0 Å². The largest absolute Gasteiger partial charge is 0.484 e. The third kappa shape index (κ3) is 4.55. The molecule has 0 fully saturated rings. The van der Waals surface area contributed by atoms with Crippen molar-refractivity contribution in [2.75, 3.05) is 0 Å². The second-order valence-electron chi connectivity index (χ2n) is 5.29. The van der Waals surface area contributed by atoms with Gasteiger partial charge in [-0.3, -0.25) is 9.48 Å². The third-order valence-corrected chi connectivity index (χ3v) is 3.88. The highest BCUT2D eigenvalue weighted by Crippen LogP contribution is 2.28. The van der Waals surface area contributed by atoms with Crippen LogP contribution in [0.2, 0.25) is 10.0 Å². The number of rotatable bonds is 6. The summed E-state index contributed by atoms with van der Waals surface area (Å²) in [6.07, 6.45) is 1.81. The average molecular weight is 380 g/mol. The Morgan fingerprint density at radius 3 is 2.84 bits per heavy atom. The van der Waals surface area contributed by atoms with Gasteiger partial charge in [-0.15, -0.1) is 0 Å². The van der Waals surface area contributed by atoms with E-state index in [4.69, 9.17) is 32.4 Å². The molecule has 3 aromatic rings. The summed E-state index contributed by atoms with van der Waals surface area (Å²) in [5.74, 6) is 0.885. The highest BCUT2D eigenvalue weighted by molar-refractivity contribution is 6.35. The van der Waals surface area contributed by atoms with E-state index < -0.39 is 0 Å². The Kier molecular flexibility index (Phi) is 5.31. The first-order valence-corrected chi connectivity index (χ1v) is 8.20. The summed E-state index contributed by atoms with van der Waals surface area (Å²) in [4.78, 5) is 12.1. The summed E-state index contributed by atoms with van der Waals surface area (Å²) < 4.78 is 12.7. The van der Waals surface area contributed by atoms with Crippen LogP contribution < -0.4 is 10.1 Å². The lowest BCUT2D eigenvalue weighted by molar-refractivity contribution is 0.0918. The van der Waals surface area contributed by atoms with Crippen LogP contribution >= 0.6 is 23.2 Å². The van der Waals surface area contributed by atoms with Crippen molar-refractivity contribution >= 4 is 29.1 Å². The summed E-state index contributed by atoms with van der Waals surface area (Å²) in [5.41, 5.74) is 0.767. The van der Waals surface area contributed by atoms with Gasteiger partial charge in [0.25, 0.3) is 5.91 Å². The molecule has 0 saturated heterocycles. The smallest absolute Gasteiger partial charge is 0.287 e. The summed E-state index contributed by atoms with van der Waals surface area (Å²) in [6, 6.07) is 10.1. The summed E-state index contributed by atoms with van der Waals surface area (Å²) in [6.45, 7) is 0.474. The first kappa shape index (κ1) is 17.4. The van der Waals surface area contributed by atoms with Crippen molar-refractivity contribution in [1.82, 2.24) is 15.1 Å². The Morgan fingerprint density at radius 1 is 1.28 bits per heavy atom. The molecule has 1 amide bonds. The minimum atomic E-state index is -0.318. The molecular formula is C17H15Cl2N3O3. The van der Waals surface area contributed by atoms with Gasteiger partial charge in [0.15, 0.2) is 5.76 Å². The molecule has 2 heterocycles. The van der Waals surface area contributed by atoms with Gasteiger partial charge in [-0.05, 0) is 36.4 Å². The van der Waals surface area contributed by atoms with Gasteiger partial charge in [0.1, 0.15) is 18.1 Å². The van der Waals surface area contributed by atoms with Gasteiger partial charge in [-0.2, -0.15) is 5.10 Å². The summed E-state index contributed by atoms with van der Waals surface area (Å²) in [7, 11) is 1.82. The van der Waals surface area contributed by atoms with Crippen LogP contribution in [-0.4, -0.2) is 15.7 Å². The molecule has 0 aliphatic rings. The monoisotopic (exact) mass is 379 g/mol. The Labute approximate surface area is 154 Å². The first-order valence-electron chi connectivity index (χ1n) is 7.44.